The van der Waals surface area contributed by atoms with E-state index in [2.05, 4.69) is 12.2 Å². The highest BCUT2D eigenvalue weighted by Gasteiger charge is 2.33. The number of piperidine rings is 1. The van der Waals surface area contributed by atoms with Crippen molar-refractivity contribution in [1.29, 1.82) is 0 Å². The van der Waals surface area contributed by atoms with Crippen molar-refractivity contribution < 1.29 is 14.3 Å². The molecule has 0 unspecified atom stereocenters. The number of likely N-dealkylation sites (tertiary alicyclic amines) is 1. The van der Waals surface area contributed by atoms with Gasteiger partial charge in [-0.2, -0.15) is 0 Å². The Balaban J connectivity index is 1.46. The summed E-state index contributed by atoms with van der Waals surface area (Å²) in [6.07, 6.45) is 1.46. The quantitative estimate of drug-likeness (QED) is 0.868. The molecule has 154 valence electrons. The molecular formula is C23H29N3O3. The summed E-state index contributed by atoms with van der Waals surface area (Å²) in [5.74, 6) is 1.07. The summed E-state index contributed by atoms with van der Waals surface area (Å²) >= 11 is 0. The summed E-state index contributed by atoms with van der Waals surface area (Å²) in [5.41, 5.74) is 0.696. The maximum Gasteiger partial charge on any atom is 0.254 e. The first-order valence-electron chi connectivity index (χ1n) is 10.5. The number of hydrogen-bond acceptors (Lipinski definition) is 4. The van der Waals surface area contributed by atoms with Gasteiger partial charge < -0.3 is 19.9 Å². The number of methoxy groups -OCH3 is 1. The molecule has 0 spiro atoms. The number of carbonyl (C=O) groups is 2. The molecule has 6 heteroatoms. The molecule has 2 saturated heterocycles. The molecule has 1 atom stereocenters. The number of hydrogen-bond donors (Lipinski definition) is 1. The Morgan fingerprint density at radius 1 is 1.03 bits per heavy atom. The highest BCUT2D eigenvalue weighted by atomic mass is 16.5. The molecule has 2 aliphatic heterocycles. The molecule has 0 bridgehead atoms. The molecule has 0 aliphatic carbocycles. The van der Waals surface area contributed by atoms with Gasteiger partial charge in [-0.1, -0.05) is 24.3 Å². The van der Waals surface area contributed by atoms with Crippen LogP contribution in [0.15, 0.2) is 36.4 Å². The first kappa shape index (κ1) is 19.7. The topological polar surface area (TPSA) is 61.9 Å². The summed E-state index contributed by atoms with van der Waals surface area (Å²) in [5, 5.41) is 5.18. The zero-order valence-electron chi connectivity index (χ0n) is 17.2. The van der Waals surface area contributed by atoms with Crippen LogP contribution in [0.1, 0.15) is 30.1 Å². The lowest BCUT2D eigenvalue weighted by atomic mass is 9.93. The van der Waals surface area contributed by atoms with Gasteiger partial charge in [-0.05, 0) is 37.3 Å². The summed E-state index contributed by atoms with van der Waals surface area (Å²) in [7, 11) is 1.64. The van der Waals surface area contributed by atoms with E-state index in [-0.39, 0.29) is 23.8 Å². The Morgan fingerprint density at radius 2 is 1.76 bits per heavy atom. The van der Waals surface area contributed by atoms with Crippen LogP contribution in [0.5, 0.6) is 5.75 Å². The molecule has 0 saturated carbocycles. The predicted octanol–water partition coefficient (Wildman–Crippen LogP) is 2.52. The van der Waals surface area contributed by atoms with Gasteiger partial charge >= 0.3 is 0 Å². The highest BCUT2D eigenvalue weighted by Crippen LogP contribution is 2.30. The van der Waals surface area contributed by atoms with Crippen LogP contribution >= 0.6 is 0 Å². The van der Waals surface area contributed by atoms with Crippen LogP contribution < -0.4 is 10.1 Å². The minimum absolute atomic E-state index is 0.0206. The van der Waals surface area contributed by atoms with Crippen molar-refractivity contribution in [2.24, 2.45) is 5.92 Å². The van der Waals surface area contributed by atoms with Crippen LogP contribution in [-0.4, -0.2) is 67.5 Å². The second kappa shape index (κ2) is 8.41. The van der Waals surface area contributed by atoms with Crippen molar-refractivity contribution in [2.75, 3.05) is 39.8 Å². The van der Waals surface area contributed by atoms with Crippen LogP contribution in [0.3, 0.4) is 0 Å². The van der Waals surface area contributed by atoms with E-state index in [1.54, 1.807) is 7.11 Å². The first-order valence-corrected chi connectivity index (χ1v) is 10.5. The number of carbonyl (C=O) groups excluding carboxylic acids is 2. The Morgan fingerprint density at radius 3 is 2.45 bits per heavy atom. The van der Waals surface area contributed by atoms with E-state index >= 15 is 0 Å². The zero-order valence-corrected chi connectivity index (χ0v) is 17.2. The Bertz CT molecular complexity index is 905. The van der Waals surface area contributed by atoms with Crippen molar-refractivity contribution in [1.82, 2.24) is 15.1 Å². The first-order chi connectivity index (χ1) is 14.1. The van der Waals surface area contributed by atoms with Gasteiger partial charge in [0, 0.05) is 55.6 Å². The van der Waals surface area contributed by atoms with Crippen LogP contribution in [0.25, 0.3) is 10.8 Å². The molecule has 2 fully saturated rings. The van der Waals surface area contributed by atoms with Crippen LogP contribution in [0.4, 0.5) is 0 Å². The van der Waals surface area contributed by atoms with Gasteiger partial charge in [-0.3, -0.25) is 9.59 Å². The summed E-state index contributed by atoms with van der Waals surface area (Å²) in [6.45, 7) is 5.83. The van der Waals surface area contributed by atoms with E-state index in [9.17, 15) is 9.59 Å². The molecule has 1 N–H and O–H groups in total. The van der Waals surface area contributed by atoms with Crippen molar-refractivity contribution in [2.45, 2.75) is 25.8 Å². The molecular weight excluding hydrogens is 366 g/mol. The van der Waals surface area contributed by atoms with Crippen molar-refractivity contribution >= 4 is 22.6 Å². The zero-order chi connectivity index (χ0) is 20.4. The Labute approximate surface area is 171 Å². The van der Waals surface area contributed by atoms with E-state index < -0.39 is 0 Å². The van der Waals surface area contributed by atoms with E-state index in [1.165, 1.54) is 0 Å². The van der Waals surface area contributed by atoms with E-state index in [0.717, 1.165) is 49.0 Å². The van der Waals surface area contributed by atoms with Gasteiger partial charge in [0.1, 0.15) is 5.75 Å². The molecule has 2 amide bonds. The molecule has 29 heavy (non-hydrogen) atoms. The third-order valence-electron chi connectivity index (χ3n) is 6.25. The number of benzene rings is 2. The fourth-order valence-electron chi connectivity index (χ4n) is 4.54. The lowest BCUT2D eigenvalue weighted by Crippen LogP contribution is -2.55. The summed E-state index contributed by atoms with van der Waals surface area (Å²) in [4.78, 5) is 30.1. The maximum atomic E-state index is 13.2. The van der Waals surface area contributed by atoms with Crippen molar-refractivity contribution in [3.63, 3.8) is 0 Å². The van der Waals surface area contributed by atoms with Gasteiger partial charge in [0.15, 0.2) is 0 Å². The fourth-order valence-corrected chi connectivity index (χ4v) is 4.54. The van der Waals surface area contributed by atoms with Gasteiger partial charge in [0.25, 0.3) is 5.91 Å². The number of nitrogens with zero attached hydrogens (tertiary/aromatic N) is 2. The molecule has 2 aromatic rings. The van der Waals surface area contributed by atoms with Gasteiger partial charge in [0.2, 0.25) is 5.91 Å². The second-order valence-corrected chi connectivity index (χ2v) is 8.01. The minimum atomic E-state index is 0.0206. The van der Waals surface area contributed by atoms with Gasteiger partial charge in [-0.15, -0.1) is 0 Å². The lowest BCUT2D eigenvalue weighted by molar-refractivity contribution is -0.139. The van der Waals surface area contributed by atoms with Crippen LogP contribution in [-0.2, 0) is 4.79 Å². The number of rotatable bonds is 3. The largest absolute Gasteiger partial charge is 0.496 e. The molecule has 2 heterocycles. The SMILES string of the molecule is COc1ccc(C(=O)N2CCC(C(=O)N3CCNC[C@H]3C)CC2)c2ccccc12. The molecule has 2 aliphatic rings. The number of fused-ring (bicyclic) bond motifs is 1. The fraction of sp³-hybridized carbons (Fsp3) is 0.478. The third-order valence-corrected chi connectivity index (χ3v) is 6.25. The minimum Gasteiger partial charge on any atom is -0.496 e. The molecule has 0 aromatic heterocycles. The van der Waals surface area contributed by atoms with Gasteiger partial charge in [-0.25, -0.2) is 0 Å². The second-order valence-electron chi connectivity index (χ2n) is 8.01. The van der Waals surface area contributed by atoms with E-state index in [1.807, 2.05) is 46.2 Å². The molecule has 6 nitrogen and oxygen atoms in total. The third kappa shape index (κ3) is 3.81. The Hall–Kier alpha value is -2.60. The molecule has 2 aromatic carbocycles. The molecule has 0 radical (unpaired) electrons. The maximum absolute atomic E-state index is 13.2. The lowest BCUT2D eigenvalue weighted by Gasteiger charge is -2.39. The van der Waals surface area contributed by atoms with Crippen LogP contribution in [0, 0.1) is 5.92 Å². The number of amides is 2. The summed E-state index contributed by atoms with van der Waals surface area (Å²) in [6, 6.07) is 11.8. The molecule has 4 rings (SSSR count). The average molecular weight is 396 g/mol. The standard InChI is InChI=1S/C23H29N3O3/c1-16-15-24-11-14-26(16)22(27)17-9-12-25(13-10-17)23(28)20-7-8-21(29-2)19-6-4-3-5-18(19)20/h3-8,16-17,24H,9-15H2,1-2H3/t16-/m1/s1. The monoisotopic (exact) mass is 395 g/mol. The van der Waals surface area contributed by atoms with E-state index in [4.69, 9.17) is 4.74 Å². The number of piperazine rings is 1. The summed E-state index contributed by atoms with van der Waals surface area (Å²) < 4.78 is 5.44. The van der Waals surface area contributed by atoms with Crippen LogP contribution in [0.2, 0.25) is 0 Å². The van der Waals surface area contributed by atoms with E-state index in [0.29, 0.717) is 18.7 Å². The van der Waals surface area contributed by atoms with Crippen molar-refractivity contribution in [3.05, 3.63) is 42.0 Å². The van der Waals surface area contributed by atoms with Gasteiger partial charge in [0.05, 0.1) is 7.11 Å². The number of nitrogens with one attached hydrogen (secondary N) is 1. The number of ether oxygens (including phenoxy) is 1. The Kier molecular flexibility index (Phi) is 5.72. The highest BCUT2D eigenvalue weighted by molar-refractivity contribution is 6.08. The average Bonchev–Trinajstić information content (AvgIpc) is 2.78. The normalized spacial score (nSPS) is 20.7. The van der Waals surface area contributed by atoms with Crippen molar-refractivity contribution in [3.8, 4) is 5.75 Å². The smallest absolute Gasteiger partial charge is 0.254 e. The predicted molar refractivity (Wildman–Crippen MR) is 113 cm³/mol.